The van der Waals surface area contributed by atoms with Crippen LogP contribution in [0.5, 0.6) is 23.0 Å². The Bertz CT molecular complexity index is 2450. The summed E-state index contributed by atoms with van der Waals surface area (Å²) < 4.78 is 14.1. The van der Waals surface area contributed by atoms with Gasteiger partial charge >= 0.3 is 0 Å². The molecule has 0 unspecified atom stereocenters. The van der Waals surface area contributed by atoms with Crippen molar-refractivity contribution in [1.82, 2.24) is 0 Å². The number of nitrogens with zero attached hydrogens (tertiary/aromatic N) is 1. The molecule has 0 atom stereocenters. The van der Waals surface area contributed by atoms with Gasteiger partial charge in [-0.1, -0.05) is 139 Å². The normalized spacial score (nSPS) is 12.9. The monoisotopic (exact) mass is 729 g/mol. The second-order valence-corrected chi connectivity index (χ2v) is 17.6. The lowest BCUT2D eigenvalue weighted by molar-refractivity contribution is 0.465. The van der Waals surface area contributed by atoms with Gasteiger partial charge in [-0.15, -0.1) is 0 Å². The van der Waals surface area contributed by atoms with Crippen molar-refractivity contribution < 1.29 is 9.47 Å². The number of anilines is 3. The molecule has 2 aliphatic heterocycles. The molecule has 276 valence electrons. The standard InChI is InChI=1S/C52H48BNO2/c1-33-19-23-37(51(3,4)5)29-42(33)35-21-25-44-46(27-35)55-48-31-41(54(39-15-11-9-12-16-39)40-17-13-10-14-18-40)32-49-50(48)53(44)45-26-22-36(28-47(45)56-49)43-30-38(52(6,7)8)24-20-34(43)2/h9-32H,1-8H3. The lowest BCUT2D eigenvalue weighted by Crippen LogP contribution is -2.57. The van der Waals surface area contributed by atoms with Gasteiger partial charge in [0.25, 0.3) is 6.71 Å². The summed E-state index contributed by atoms with van der Waals surface area (Å²) in [6.07, 6.45) is 0. The molecule has 3 nitrogen and oxygen atoms in total. The summed E-state index contributed by atoms with van der Waals surface area (Å²) >= 11 is 0. The number of rotatable bonds is 5. The predicted octanol–water partition coefficient (Wildman–Crippen LogP) is 12.4. The number of hydrogen-bond donors (Lipinski definition) is 0. The minimum Gasteiger partial charge on any atom is -0.458 e. The van der Waals surface area contributed by atoms with E-state index in [2.05, 4.69) is 206 Å². The van der Waals surface area contributed by atoms with Crippen molar-refractivity contribution in [3.8, 4) is 45.3 Å². The van der Waals surface area contributed by atoms with Gasteiger partial charge in [0.05, 0.1) is 5.69 Å². The molecule has 9 rings (SSSR count). The average Bonchev–Trinajstić information content (AvgIpc) is 3.17. The van der Waals surface area contributed by atoms with Crippen LogP contribution >= 0.6 is 0 Å². The lowest BCUT2D eigenvalue weighted by Gasteiger charge is -2.35. The molecule has 0 aliphatic carbocycles. The van der Waals surface area contributed by atoms with Crippen LogP contribution in [-0.2, 0) is 10.8 Å². The number of hydrogen-bond acceptors (Lipinski definition) is 3. The number of benzene rings is 7. The summed E-state index contributed by atoms with van der Waals surface area (Å²) in [5.41, 5.74) is 16.4. The van der Waals surface area contributed by atoms with Gasteiger partial charge in [0.2, 0.25) is 0 Å². The van der Waals surface area contributed by atoms with Crippen LogP contribution in [-0.4, -0.2) is 6.71 Å². The summed E-state index contributed by atoms with van der Waals surface area (Å²) in [6, 6.07) is 52.7. The van der Waals surface area contributed by atoms with Crippen LogP contribution in [0.3, 0.4) is 0 Å². The maximum atomic E-state index is 7.05. The van der Waals surface area contributed by atoms with Crippen molar-refractivity contribution >= 4 is 40.2 Å². The largest absolute Gasteiger partial charge is 0.458 e. The molecule has 0 amide bonds. The Hall–Kier alpha value is -6.00. The van der Waals surface area contributed by atoms with Gasteiger partial charge in [0, 0.05) is 29.0 Å². The first-order valence-corrected chi connectivity index (χ1v) is 19.8. The fraction of sp³-hybridized carbons (Fsp3) is 0.192. The lowest BCUT2D eigenvalue weighted by atomic mass is 9.34. The Kier molecular flexibility index (Phi) is 8.50. The summed E-state index contributed by atoms with van der Waals surface area (Å²) in [5, 5.41) is 0. The summed E-state index contributed by atoms with van der Waals surface area (Å²) in [6.45, 7) is 18.0. The number of ether oxygens (including phenoxy) is 2. The van der Waals surface area contributed by atoms with E-state index in [1.165, 1.54) is 33.4 Å². The highest BCUT2D eigenvalue weighted by atomic mass is 16.5. The van der Waals surface area contributed by atoms with E-state index in [1.54, 1.807) is 0 Å². The Labute approximate surface area is 332 Å². The molecule has 7 aromatic rings. The minimum atomic E-state index is -0.0597. The highest BCUT2D eigenvalue weighted by molar-refractivity contribution is 6.98. The smallest absolute Gasteiger partial charge is 0.260 e. The molecule has 0 saturated heterocycles. The van der Waals surface area contributed by atoms with Crippen LogP contribution in [0.2, 0.25) is 0 Å². The number of aryl methyl sites for hydroxylation is 2. The van der Waals surface area contributed by atoms with Gasteiger partial charge in [-0.05, 0) is 117 Å². The molecule has 2 heterocycles. The zero-order chi connectivity index (χ0) is 38.9. The van der Waals surface area contributed by atoms with E-state index in [9.17, 15) is 0 Å². The fourth-order valence-electron chi connectivity index (χ4n) is 8.34. The van der Waals surface area contributed by atoms with Crippen LogP contribution in [0.1, 0.15) is 63.8 Å². The predicted molar refractivity (Wildman–Crippen MR) is 237 cm³/mol. The molecule has 0 aromatic heterocycles. The summed E-state index contributed by atoms with van der Waals surface area (Å²) in [7, 11) is 0. The first kappa shape index (κ1) is 35.7. The van der Waals surface area contributed by atoms with Crippen molar-refractivity contribution in [2.45, 2.75) is 66.2 Å². The quantitative estimate of drug-likeness (QED) is 0.165. The van der Waals surface area contributed by atoms with Crippen molar-refractivity contribution in [2.75, 3.05) is 4.90 Å². The maximum absolute atomic E-state index is 7.05. The van der Waals surface area contributed by atoms with Crippen LogP contribution < -0.4 is 30.8 Å². The Balaban J connectivity index is 1.24. The first-order chi connectivity index (χ1) is 26.8. The fourth-order valence-corrected chi connectivity index (χ4v) is 8.34. The highest BCUT2D eigenvalue weighted by Gasteiger charge is 2.41. The van der Waals surface area contributed by atoms with E-state index in [-0.39, 0.29) is 17.5 Å². The van der Waals surface area contributed by atoms with Crippen LogP contribution in [0.25, 0.3) is 22.3 Å². The molecular weight excluding hydrogens is 681 g/mol. The van der Waals surface area contributed by atoms with Gasteiger partial charge in [-0.2, -0.15) is 0 Å². The van der Waals surface area contributed by atoms with Crippen LogP contribution in [0, 0.1) is 13.8 Å². The first-order valence-electron chi connectivity index (χ1n) is 19.8. The van der Waals surface area contributed by atoms with E-state index in [0.717, 1.165) is 67.6 Å². The zero-order valence-electron chi connectivity index (χ0n) is 33.7. The Morgan fingerprint density at radius 3 is 1.27 bits per heavy atom. The van der Waals surface area contributed by atoms with Crippen LogP contribution in [0.4, 0.5) is 17.1 Å². The average molecular weight is 730 g/mol. The second kappa shape index (κ2) is 13.3. The molecule has 56 heavy (non-hydrogen) atoms. The Morgan fingerprint density at radius 1 is 0.429 bits per heavy atom. The topological polar surface area (TPSA) is 21.7 Å². The minimum absolute atomic E-state index is 0.0412. The maximum Gasteiger partial charge on any atom is 0.260 e. The van der Waals surface area contributed by atoms with Crippen molar-refractivity contribution in [1.29, 1.82) is 0 Å². The van der Waals surface area contributed by atoms with Gasteiger partial charge < -0.3 is 14.4 Å². The molecule has 0 spiro atoms. The highest BCUT2D eigenvalue weighted by Crippen LogP contribution is 2.44. The third-order valence-corrected chi connectivity index (χ3v) is 11.6. The van der Waals surface area contributed by atoms with Gasteiger partial charge in [0.15, 0.2) is 0 Å². The third-order valence-electron chi connectivity index (χ3n) is 11.6. The molecule has 0 saturated carbocycles. The molecule has 0 fully saturated rings. The van der Waals surface area contributed by atoms with E-state index in [4.69, 9.17) is 9.47 Å². The van der Waals surface area contributed by atoms with Crippen molar-refractivity contribution in [2.24, 2.45) is 0 Å². The van der Waals surface area contributed by atoms with Gasteiger partial charge in [-0.3, -0.25) is 0 Å². The number of fused-ring (bicyclic) bond motifs is 4. The third kappa shape index (κ3) is 6.28. The molecule has 4 heteroatoms. The van der Waals surface area contributed by atoms with Gasteiger partial charge in [-0.25, -0.2) is 0 Å². The molecule has 7 aromatic carbocycles. The van der Waals surface area contributed by atoms with Crippen molar-refractivity contribution in [3.05, 3.63) is 168 Å². The SMILES string of the molecule is Cc1ccc(C(C)(C)C)cc1-c1ccc2c(c1)Oc1cc(N(c3ccccc3)c3ccccc3)cc3c1B2c1ccc(-c2cc(C(C)(C)C)ccc2C)cc1O3. The molecular formula is C52H48BNO2. The second-order valence-electron chi connectivity index (χ2n) is 17.6. The van der Waals surface area contributed by atoms with E-state index in [1.807, 2.05) is 0 Å². The molecule has 0 bridgehead atoms. The van der Waals surface area contributed by atoms with E-state index >= 15 is 0 Å². The summed E-state index contributed by atoms with van der Waals surface area (Å²) in [5.74, 6) is 3.38. The molecule has 2 aliphatic rings. The Morgan fingerprint density at radius 2 is 0.857 bits per heavy atom. The summed E-state index contributed by atoms with van der Waals surface area (Å²) in [4.78, 5) is 2.28. The van der Waals surface area contributed by atoms with Crippen molar-refractivity contribution in [3.63, 3.8) is 0 Å². The zero-order valence-corrected chi connectivity index (χ0v) is 33.7. The van der Waals surface area contributed by atoms with E-state index < -0.39 is 0 Å². The molecule has 0 radical (unpaired) electrons. The molecule has 0 N–H and O–H groups in total. The van der Waals surface area contributed by atoms with Crippen LogP contribution in [0.15, 0.2) is 146 Å². The number of para-hydroxylation sites is 2. The van der Waals surface area contributed by atoms with Gasteiger partial charge in [0.1, 0.15) is 23.0 Å². The van der Waals surface area contributed by atoms with E-state index in [0.29, 0.717) is 0 Å².